The molecule has 116 valence electrons. The Hall–Kier alpha value is -1.39. The third kappa shape index (κ3) is 4.83. The second-order valence-corrected chi connectivity index (χ2v) is 6.49. The van der Waals surface area contributed by atoms with Crippen LogP contribution in [-0.4, -0.2) is 35.5 Å². The number of nitrogens with zero attached hydrogens (tertiary/aromatic N) is 1. The van der Waals surface area contributed by atoms with Crippen molar-refractivity contribution in [2.75, 3.05) is 25.0 Å². The van der Waals surface area contributed by atoms with Crippen LogP contribution in [0.15, 0.2) is 24.3 Å². The molecule has 2 rings (SSSR count). The van der Waals surface area contributed by atoms with E-state index >= 15 is 0 Å². The van der Waals surface area contributed by atoms with E-state index in [1.54, 1.807) is 0 Å². The lowest BCUT2D eigenvalue weighted by Crippen LogP contribution is -2.40. The number of aliphatic hydroxyl groups excluding tert-OH is 1. The van der Waals surface area contributed by atoms with Crippen LogP contribution < -0.4 is 5.32 Å². The van der Waals surface area contributed by atoms with Gasteiger partial charge >= 0.3 is 0 Å². The first-order valence-corrected chi connectivity index (χ1v) is 7.72. The van der Waals surface area contributed by atoms with Crippen molar-refractivity contribution in [3.05, 3.63) is 29.8 Å². The van der Waals surface area contributed by atoms with Crippen molar-refractivity contribution in [1.82, 2.24) is 4.90 Å². The zero-order chi connectivity index (χ0) is 15.4. The van der Waals surface area contributed by atoms with Gasteiger partial charge in [-0.25, -0.2) is 0 Å². The summed E-state index contributed by atoms with van der Waals surface area (Å²) in [6, 6.07) is 7.46. The molecular formula is C17H26N2O2. The van der Waals surface area contributed by atoms with E-state index in [9.17, 15) is 9.90 Å². The number of anilines is 1. The van der Waals surface area contributed by atoms with Gasteiger partial charge in [-0.15, -0.1) is 0 Å². The number of hydrogen-bond acceptors (Lipinski definition) is 3. The third-order valence-electron chi connectivity index (χ3n) is 3.97. The topological polar surface area (TPSA) is 52.6 Å². The number of β-amino-alcohol motifs (C(OH)–C–C–N with tert-alkyl or cyclic N) is 1. The molecular weight excluding hydrogens is 264 g/mol. The molecule has 1 heterocycles. The van der Waals surface area contributed by atoms with E-state index in [0.717, 1.165) is 24.3 Å². The number of hydrogen-bond donors (Lipinski definition) is 2. The van der Waals surface area contributed by atoms with Crippen LogP contribution >= 0.6 is 0 Å². The number of likely N-dealkylation sites (tertiary alicyclic amines) is 1. The van der Waals surface area contributed by atoms with E-state index in [1.807, 2.05) is 24.3 Å². The number of carbonyl (C=O) groups is 1. The average Bonchev–Trinajstić information content (AvgIpc) is 2.36. The van der Waals surface area contributed by atoms with Crippen molar-refractivity contribution in [3.8, 4) is 0 Å². The van der Waals surface area contributed by atoms with Gasteiger partial charge in [0, 0.05) is 32.2 Å². The van der Waals surface area contributed by atoms with Gasteiger partial charge in [0.05, 0.1) is 6.10 Å². The number of amides is 1. The molecule has 3 atom stereocenters. The summed E-state index contributed by atoms with van der Waals surface area (Å²) in [6.07, 6.45) is 0.751. The molecule has 0 radical (unpaired) electrons. The molecule has 2 N–H and O–H groups in total. The van der Waals surface area contributed by atoms with E-state index in [4.69, 9.17) is 0 Å². The van der Waals surface area contributed by atoms with Crippen LogP contribution in [0.25, 0.3) is 0 Å². The highest BCUT2D eigenvalue weighted by molar-refractivity contribution is 5.88. The second kappa shape index (κ2) is 7.05. The normalized spacial score (nSPS) is 24.6. The van der Waals surface area contributed by atoms with E-state index in [-0.39, 0.29) is 5.91 Å². The second-order valence-electron chi connectivity index (χ2n) is 6.49. The van der Waals surface area contributed by atoms with Crippen molar-refractivity contribution < 1.29 is 9.90 Å². The van der Waals surface area contributed by atoms with Crippen LogP contribution in [0.5, 0.6) is 0 Å². The minimum absolute atomic E-state index is 0.0969. The zero-order valence-electron chi connectivity index (χ0n) is 13.2. The molecule has 1 aliphatic heterocycles. The van der Waals surface area contributed by atoms with E-state index in [2.05, 4.69) is 24.1 Å². The fourth-order valence-electron chi connectivity index (χ4n) is 3.32. The van der Waals surface area contributed by atoms with Gasteiger partial charge in [-0.2, -0.15) is 0 Å². The maximum atomic E-state index is 11.1. The first-order valence-electron chi connectivity index (χ1n) is 7.72. The summed E-state index contributed by atoms with van der Waals surface area (Å²) in [7, 11) is 0. The van der Waals surface area contributed by atoms with Gasteiger partial charge in [-0.05, 0) is 36.0 Å². The van der Waals surface area contributed by atoms with Gasteiger partial charge in [0.2, 0.25) is 5.91 Å². The Morgan fingerprint density at radius 3 is 2.67 bits per heavy atom. The van der Waals surface area contributed by atoms with Crippen LogP contribution in [0.1, 0.15) is 38.9 Å². The van der Waals surface area contributed by atoms with Gasteiger partial charge in [0.15, 0.2) is 0 Å². The number of benzene rings is 1. The van der Waals surface area contributed by atoms with Crippen molar-refractivity contribution >= 4 is 11.6 Å². The van der Waals surface area contributed by atoms with Crippen LogP contribution in [0, 0.1) is 11.8 Å². The number of nitrogens with one attached hydrogen (secondary N) is 1. The summed E-state index contributed by atoms with van der Waals surface area (Å²) < 4.78 is 0. The Kier molecular flexibility index (Phi) is 5.37. The average molecular weight is 290 g/mol. The monoisotopic (exact) mass is 290 g/mol. The van der Waals surface area contributed by atoms with Gasteiger partial charge < -0.3 is 10.4 Å². The Balaban J connectivity index is 1.99. The SMILES string of the molecule is CC(=O)Nc1cccc(C(O)CN2CC(C)CC(C)C2)c1. The predicted molar refractivity (Wildman–Crippen MR) is 85.1 cm³/mol. The minimum Gasteiger partial charge on any atom is -0.387 e. The first-order chi connectivity index (χ1) is 9.94. The van der Waals surface area contributed by atoms with E-state index < -0.39 is 6.10 Å². The van der Waals surface area contributed by atoms with Crippen molar-refractivity contribution in [3.63, 3.8) is 0 Å². The molecule has 0 spiro atoms. The van der Waals surface area contributed by atoms with Crippen molar-refractivity contribution in [1.29, 1.82) is 0 Å². The summed E-state index contributed by atoms with van der Waals surface area (Å²) in [6.45, 7) is 8.77. The standard InChI is InChI=1S/C17H26N2O2/c1-12-7-13(2)10-19(9-12)11-17(21)15-5-4-6-16(8-15)18-14(3)20/h4-6,8,12-13,17,21H,7,9-11H2,1-3H3,(H,18,20). The van der Waals surface area contributed by atoms with Crippen molar-refractivity contribution in [2.24, 2.45) is 11.8 Å². The maximum Gasteiger partial charge on any atom is 0.221 e. The molecule has 1 saturated heterocycles. The number of rotatable bonds is 4. The van der Waals surface area contributed by atoms with E-state index in [1.165, 1.54) is 13.3 Å². The van der Waals surface area contributed by atoms with Crippen LogP contribution in [0.3, 0.4) is 0 Å². The molecule has 4 nitrogen and oxygen atoms in total. The maximum absolute atomic E-state index is 11.1. The lowest BCUT2D eigenvalue weighted by molar-refractivity contribution is -0.114. The molecule has 1 amide bonds. The van der Waals surface area contributed by atoms with Crippen LogP contribution in [0.4, 0.5) is 5.69 Å². The van der Waals surface area contributed by atoms with E-state index in [0.29, 0.717) is 18.4 Å². The molecule has 1 aliphatic rings. The molecule has 1 aromatic rings. The van der Waals surface area contributed by atoms with Gasteiger partial charge in [-0.1, -0.05) is 26.0 Å². The van der Waals surface area contributed by atoms with Crippen molar-refractivity contribution in [2.45, 2.75) is 33.3 Å². The largest absolute Gasteiger partial charge is 0.387 e. The summed E-state index contributed by atoms with van der Waals surface area (Å²) in [5, 5.41) is 13.2. The highest BCUT2D eigenvalue weighted by Crippen LogP contribution is 2.24. The molecule has 3 unspecified atom stereocenters. The van der Waals surface area contributed by atoms with Gasteiger partial charge in [-0.3, -0.25) is 9.69 Å². The summed E-state index contributed by atoms with van der Waals surface area (Å²) >= 11 is 0. The molecule has 1 aromatic carbocycles. The van der Waals surface area contributed by atoms with Gasteiger partial charge in [0.1, 0.15) is 0 Å². The molecule has 0 saturated carbocycles. The Labute approximate surface area is 127 Å². The zero-order valence-corrected chi connectivity index (χ0v) is 13.2. The highest BCUT2D eigenvalue weighted by Gasteiger charge is 2.23. The quantitative estimate of drug-likeness (QED) is 0.896. The number of aliphatic hydroxyl groups is 1. The molecule has 4 heteroatoms. The molecule has 0 aromatic heterocycles. The van der Waals surface area contributed by atoms with Crippen LogP contribution in [-0.2, 0) is 4.79 Å². The fourth-order valence-corrected chi connectivity index (χ4v) is 3.32. The van der Waals surface area contributed by atoms with Crippen LogP contribution in [0.2, 0.25) is 0 Å². The number of piperidine rings is 1. The molecule has 0 aliphatic carbocycles. The Morgan fingerprint density at radius 1 is 1.38 bits per heavy atom. The lowest BCUT2D eigenvalue weighted by Gasteiger charge is -2.36. The van der Waals surface area contributed by atoms with Gasteiger partial charge in [0.25, 0.3) is 0 Å². The fraction of sp³-hybridized carbons (Fsp3) is 0.588. The Bertz CT molecular complexity index is 479. The lowest BCUT2D eigenvalue weighted by atomic mass is 9.91. The first kappa shape index (κ1) is 16.0. The smallest absolute Gasteiger partial charge is 0.221 e. The third-order valence-corrected chi connectivity index (χ3v) is 3.97. The Morgan fingerprint density at radius 2 is 2.05 bits per heavy atom. The summed E-state index contributed by atoms with van der Waals surface area (Å²) in [5.74, 6) is 1.28. The molecule has 1 fully saturated rings. The highest BCUT2D eigenvalue weighted by atomic mass is 16.3. The summed E-state index contributed by atoms with van der Waals surface area (Å²) in [4.78, 5) is 13.4. The number of carbonyl (C=O) groups excluding carboxylic acids is 1. The molecule has 21 heavy (non-hydrogen) atoms. The molecule has 0 bridgehead atoms. The minimum atomic E-state index is -0.517. The summed E-state index contributed by atoms with van der Waals surface area (Å²) in [5.41, 5.74) is 1.59. The predicted octanol–water partition coefficient (Wildman–Crippen LogP) is 2.66.